The van der Waals surface area contributed by atoms with Gasteiger partial charge in [-0.15, -0.1) is 0 Å². The van der Waals surface area contributed by atoms with Crippen molar-refractivity contribution in [3.05, 3.63) is 94.5 Å². The maximum Gasteiger partial charge on any atom is 0.139 e. The Balaban J connectivity index is 1.59. The monoisotopic (exact) mass is 434 g/mol. The summed E-state index contributed by atoms with van der Waals surface area (Å²) in [6.07, 6.45) is 0.525. The number of rotatable bonds is 5. The second-order valence-electron chi connectivity index (χ2n) is 7.99. The van der Waals surface area contributed by atoms with Crippen LogP contribution in [0.5, 0.6) is 0 Å². The van der Waals surface area contributed by atoms with E-state index in [4.69, 9.17) is 0 Å². The molecule has 166 valence electrons. The lowest BCUT2D eigenvalue weighted by atomic mass is 9.87. The van der Waals surface area contributed by atoms with Crippen LogP contribution in [0.1, 0.15) is 35.1 Å². The molecular formula is C26H26O6. The molecule has 2 aliphatic rings. The molecule has 6 N–H and O–H groups in total. The maximum atomic E-state index is 10.7. The third kappa shape index (κ3) is 4.01. The van der Waals surface area contributed by atoms with Crippen molar-refractivity contribution in [2.24, 2.45) is 0 Å². The van der Waals surface area contributed by atoms with Crippen LogP contribution < -0.4 is 0 Å². The Morgan fingerprint density at radius 3 is 1.38 bits per heavy atom. The molecule has 0 unspecified atom stereocenters. The molecule has 0 bridgehead atoms. The van der Waals surface area contributed by atoms with Gasteiger partial charge >= 0.3 is 0 Å². The zero-order chi connectivity index (χ0) is 22.8. The average Bonchev–Trinajstić information content (AvgIpc) is 2.85. The van der Waals surface area contributed by atoms with Crippen LogP contribution in [0, 0.1) is 0 Å². The van der Waals surface area contributed by atoms with Crippen LogP contribution in [0.3, 0.4) is 0 Å². The number of aliphatic hydroxyl groups excluding tert-OH is 6. The topological polar surface area (TPSA) is 121 Å². The van der Waals surface area contributed by atoms with E-state index in [1.165, 1.54) is 0 Å². The minimum atomic E-state index is -1.94. The van der Waals surface area contributed by atoms with Gasteiger partial charge in [-0.3, -0.25) is 0 Å². The standard InChI is InChI=1S/C26H26O6/c27-21(19-13-5-9-15-7-1-3-11-17(15)19)23(29)25(31)26(32)24(30)22(28)20-14-6-10-16-8-2-4-12-18(16)20/h1-12,23-32H,13-14H2/t23-,24+,25-,26-/m1/s1. The third-order valence-corrected chi connectivity index (χ3v) is 5.99. The largest absolute Gasteiger partial charge is 0.509 e. The molecule has 0 heterocycles. The summed E-state index contributed by atoms with van der Waals surface area (Å²) in [7, 11) is 0. The molecule has 6 heteroatoms. The van der Waals surface area contributed by atoms with Crippen molar-refractivity contribution in [1.29, 1.82) is 0 Å². The Bertz CT molecular complexity index is 1040. The minimum absolute atomic E-state index is 0.337. The van der Waals surface area contributed by atoms with Crippen LogP contribution in [0.2, 0.25) is 0 Å². The molecular weight excluding hydrogens is 408 g/mol. The molecule has 0 amide bonds. The molecule has 0 aromatic heterocycles. The summed E-state index contributed by atoms with van der Waals surface area (Å²) >= 11 is 0. The first-order valence-electron chi connectivity index (χ1n) is 10.5. The molecule has 0 saturated heterocycles. The first kappa shape index (κ1) is 22.0. The van der Waals surface area contributed by atoms with E-state index >= 15 is 0 Å². The van der Waals surface area contributed by atoms with Gasteiger partial charge in [0.2, 0.25) is 0 Å². The summed E-state index contributed by atoms with van der Waals surface area (Å²) in [5, 5.41) is 63.5. The summed E-state index contributed by atoms with van der Waals surface area (Å²) in [4.78, 5) is 0. The molecule has 2 aliphatic carbocycles. The smallest absolute Gasteiger partial charge is 0.139 e. The molecule has 4 atom stereocenters. The number of aliphatic hydroxyl groups is 6. The number of allylic oxidation sites excluding steroid dienone is 4. The molecule has 0 fully saturated rings. The summed E-state index contributed by atoms with van der Waals surface area (Å²) in [5.74, 6) is -0.975. The number of hydrogen-bond acceptors (Lipinski definition) is 6. The van der Waals surface area contributed by atoms with Crippen molar-refractivity contribution < 1.29 is 30.6 Å². The minimum Gasteiger partial charge on any atom is -0.509 e. The van der Waals surface area contributed by atoms with Crippen LogP contribution >= 0.6 is 0 Å². The van der Waals surface area contributed by atoms with Crippen LogP contribution in [0.25, 0.3) is 23.3 Å². The van der Waals surface area contributed by atoms with Crippen molar-refractivity contribution in [3.8, 4) is 0 Å². The normalized spacial score (nSPS) is 21.8. The average molecular weight is 434 g/mol. The van der Waals surface area contributed by atoms with Gasteiger partial charge in [0.25, 0.3) is 0 Å². The Morgan fingerprint density at radius 1 is 0.594 bits per heavy atom. The van der Waals surface area contributed by atoms with Gasteiger partial charge in [0.05, 0.1) is 0 Å². The van der Waals surface area contributed by atoms with Crippen molar-refractivity contribution in [2.75, 3.05) is 0 Å². The molecule has 4 rings (SSSR count). The number of hydrogen-bond donors (Lipinski definition) is 6. The predicted octanol–water partition coefficient (Wildman–Crippen LogP) is 3.20. The molecule has 6 nitrogen and oxygen atoms in total. The van der Waals surface area contributed by atoms with Crippen LogP contribution in [0.4, 0.5) is 0 Å². The molecule has 2 aromatic carbocycles. The van der Waals surface area contributed by atoms with Crippen molar-refractivity contribution in [2.45, 2.75) is 37.3 Å². The van der Waals surface area contributed by atoms with Gasteiger partial charge in [-0.2, -0.15) is 0 Å². The van der Waals surface area contributed by atoms with Crippen LogP contribution in [-0.4, -0.2) is 55.1 Å². The summed E-state index contributed by atoms with van der Waals surface area (Å²) < 4.78 is 0. The second-order valence-corrected chi connectivity index (χ2v) is 7.99. The first-order chi connectivity index (χ1) is 15.4. The number of fused-ring (bicyclic) bond motifs is 2. The van der Waals surface area contributed by atoms with Crippen LogP contribution in [-0.2, 0) is 0 Å². The van der Waals surface area contributed by atoms with Crippen molar-refractivity contribution >= 4 is 23.3 Å². The fourth-order valence-electron chi connectivity index (χ4n) is 4.20. The second kappa shape index (κ2) is 9.14. The fourth-order valence-corrected chi connectivity index (χ4v) is 4.20. The summed E-state index contributed by atoms with van der Waals surface area (Å²) in [5.41, 5.74) is 3.98. The highest BCUT2D eigenvalue weighted by atomic mass is 16.4. The molecule has 2 aromatic rings. The van der Waals surface area contributed by atoms with E-state index in [0.29, 0.717) is 35.1 Å². The van der Waals surface area contributed by atoms with Crippen LogP contribution in [0.15, 0.2) is 72.2 Å². The molecule has 0 saturated carbocycles. The highest BCUT2D eigenvalue weighted by Crippen LogP contribution is 2.34. The fraction of sp³-hybridized carbons (Fsp3) is 0.231. The Kier molecular flexibility index (Phi) is 6.30. The van der Waals surface area contributed by atoms with E-state index in [-0.39, 0.29) is 0 Å². The predicted molar refractivity (Wildman–Crippen MR) is 123 cm³/mol. The first-order valence-corrected chi connectivity index (χ1v) is 10.5. The SMILES string of the molecule is OC(=C1CC=Cc2ccccc21)[C@@H](O)[C@@H](O)[C@H](O)[C@@H](O)C(O)=C1CC=Cc2ccccc21. The van der Waals surface area contributed by atoms with Gasteiger partial charge in [-0.25, -0.2) is 0 Å². The van der Waals surface area contributed by atoms with Gasteiger partial charge in [0.1, 0.15) is 35.9 Å². The highest BCUT2D eigenvalue weighted by molar-refractivity contribution is 5.81. The Labute approximate surface area is 186 Å². The van der Waals surface area contributed by atoms with Crippen molar-refractivity contribution in [1.82, 2.24) is 0 Å². The van der Waals surface area contributed by atoms with Gasteiger partial charge < -0.3 is 30.6 Å². The van der Waals surface area contributed by atoms with E-state index in [1.807, 2.05) is 48.6 Å². The lowest BCUT2D eigenvalue weighted by molar-refractivity contribution is -0.1000. The lowest BCUT2D eigenvalue weighted by Gasteiger charge is -2.29. The van der Waals surface area contributed by atoms with Gasteiger partial charge in [-0.1, -0.05) is 72.8 Å². The summed E-state index contributed by atoms with van der Waals surface area (Å²) in [6, 6.07) is 14.6. The zero-order valence-corrected chi connectivity index (χ0v) is 17.3. The lowest BCUT2D eigenvalue weighted by Crippen LogP contribution is -2.46. The summed E-state index contributed by atoms with van der Waals surface area (Å²) in [6.45, 7) is 0. The highest BCUT2D eigenvalue weighted by Gasteiger charge is 2.36. The van der Waals surface area contributed by atoms with E-state index in [0.717, 1.165) is 11.1 Å². The Hall–Kier alpha value is -3.16. The van der Waals surface area contributed by atoms with E-state index in [2.05, 4.69) is 0 Å². The maximum absolute atomic E-state index is 10.7. The third-order valence-electron chi connectivity index (χ3n) is 5.99. The van der Waals surface area contributed by atoms with Gasteiger partial charge in [0.15, 0.2) is 0 Å². The molecule has 0 aliphatic heterocycles. The molecule has 32 heavy (non-hydrogen) atoms. The van der Waals surface area contributed by atoms with Crippen molar-refractivity contribution in [3.63, 3.8) is 0 Å². The zero-order valence-electron chi connectivity index (χ0n) is 17.3. The Morgan fingerprint density at radius 2 is 0.969 bits per heavy atom. The van der Waals surface area contributed by atoms with E-state index in [9.17, 15) is 30.6 Å². The molecule has 0 radical (unpaired) electrons. The van der Waals surface area contributed by atoms with Gasteiger partial charge in [0, 0.05) is 11.1 Å². The quantitative estimate of drug-likeness (QED) is 0.402. The van der Waals surface area contributed by atoms with E-state index in [1.54, 1.807) is 24.3 Å². The molecule has 0 spiro atoms. The van der Waals surface area contributed by atoms with Gasteiger partial charge in [-0.05, 0) is 35.1 Å². The van der Waals surface area contributed by atoms with E-state index < -0.39 is 35.9 Å². The number of benzene rings is 2.